The van der Waals surface area contributed by atoms with Crippen LogP contribution in [0.15, 0.2) is 53.9 Å². The number of amides is 1. The summed E-state index contributed by atoms with van der Waals surface area (Å²) in [5.41, 5.74) is 3.40. The fourth-order valence-corrected chi connectivity index (χ4v) is 3.01. The summed E-state index contributed by atoms with van der Waals surface area (Å²) in [5, 5.41) is 5.95. The van der Waals surface area contributed by atoms with E-state index in [0.29, 0.717) is 5.56 Å². The standard InChI is InChI=1S/C17H13IN2OS/c1-11-19-16(10-22-11)12-2-4-13(5-3-12)17(21)20-15-8-6-14(18)7-9-15/h2-10H,1H3,(H,20,21). The predicted octanol–water partition coefficient (Wildman–Crippen LogP) is 4.98. The quantitative estimate of drug-likeness (QED) is 0.608. The molecule has 2 aromatic carbocycles. The zero-order valence-corrected chi connectivity index (χ0v) is 14.8. The smallest absolute Gasteiger partial charge is 0.255 e. The second-order valence-corrected chi connectivity index (χ2v) is 7.10. The van der Waals surface area contributed by atoms with Crippen molar-refractivity contribution in [2.24, 2.45) is 0 Å². The summed E-state index contributed by atoms with van der Waals surface area (Å²) in [6.45, 7) is 1.98. The van der Waals surface area contributed by atoms with Crippen LogP contribution in [-0.2, 0) is 0 Å². The molecule has 110 valence electrons. The van der Waals surface area contributed by atoms with E-state index in [1.165, 1.54) is 0 Å². The zero-order valence-electron chi connectivity index (χ0n) is 11.8. The molecule has 0 fully saturated rings. The molecule has 0 aliphatic rings. The number of nitrogens with one attached hydrogen (secondary N) is 1. The normalized spacial score (nSPS) is 10.5. The number of anilines is 1. The minimum Gasteiger partial charge on any atom is -0.322 e. The first kappa shape index (κ1) is 15.2. The number of aryl methyl sites for hydroxylation is 1. The molecule has 3 nitrogen and oxygen atoms in total. The first-order valence-corrected chi connectivity index (χ1v) is 8.67. The molecule has 0 saturated heterocycles. The van der Waals surface area contributed by atoms with Gasteiger partial charge in [0.15, 0.2) is 0 Å². The number of aromatic nitrogens is 1. The van der Waals surface area contributed by atoms with Gasteiger partial charge in [-0.15, -0.1) is 11.3 Å². The topological polar surface area (TPSA) is 42.0 Å². The van der Waals surface area contributed by atoms with E-state index >= 15 is 0 Å². The van der Waals surface area contributed by atoms with Crippen LogP contribution >= 0.6 is 33.9 Å². The van der Waals surface area contributed by atoms with E-state index < -0.39 is 0 Å². The highest BCUT2D eigenvalue weighted by Crippen LogP contribution is 2.22. The third-order valence-electron chi connectivity index (χ3n) is 3.16. The molecule has 3 rings (SSSR count). The minimum atomic E-state index is -0.109. The SMILES string of the molecule is Cc1nc(-c2ccc(C(=O)Nc3ccc(I)cc3)cc2)cs1. The van der Waals surface area contributed by atoms with Gasteiger partial charge in [-0.2, -0.15) is 0 Å². The summed E-state index contributed by atoms with van der Waals surface area (Å²) in [6, 6.07) is 15.2. The number of nitrogens with zero attached hydrogens (tertiary/aromatic N) is 1. The third kappa shape index (κ3) is 3.53. The Labute approximate surface area is 146 Å². The summed E-state index contributed by atoms with van der Waals surface area (Å²) in [5.74, 6) is -0.109. The zero-order chi connectivity index (χ0) is 15.5. The Morgan fingerprint density at radius 1 is 1.09 bits per heavy atom. The van der Waals surface area contributed by atoms with Crippen molar-refractivity contribution in [3.05, 3.63) is 68.1 Å². The summed E-state index contributed by atoms with van der Waals surface area (Å²) in [4.78, 5) is 16.7. The third-order valence-corrected chi connectivity index (χ3v) is 4.66. The van der Waals surface area contributed by atoms with E-state index in [0.717, 1.165) is 25.5 Å². The molecule has 3 aromatic rings. The van der Waals surface area contributed by atoms with E-state index in [2.05, 4.69) is 32.9 Å². The van der Waals surface area contributed by atoms with E-state index in [1.807, 2.05) is 60.8 Å². The Bertz CT molecular complexity index is 794. The second kappa shape index (κ2) is 6.58. The molecule has 0 aliphatic heterocycles. The van der Waals surface area contributed by atoms with Crippen molar-refractivity contribution in [3.8, 4) is 11.3 Å². The van der Waals surface area contributed by atoms with Crippen LogP contribution in [0.4, 0.5) is 5.69 Å². The van der Waals surface area contributed by atoms with Crippen molar-refractivity contribution in [1.29, 1.82) is 0 Å². The highest BCUT2D eigenvalue weighted by molar-refractivity contribution is 14.1. The highest BCUT2D eigenvalue weighted by atomic mass is 127. The number of halogens is 1. The van der Waals surface area contributed by atoms with Crippen molar-refractivity contribution in [2.75, 3.05) is 5.32 Å². The van der Waals surface area contributed by atoms with Crippen LogP contribution in [-0.4, -0.2) is 10.9 Å². The minimum absolute atomic E-state index is 0.109. The van der Waals surface area contributed by atoms with Gasteiger partial charge in [0, 0.05) is 25.8 Å². The predicted molar refractivity (Wildman–Crippen MR) is 99.4 cm³/mol. The van der Waals surface area contributed by atoms with Crippen molar-refractivity contribution >= 4 is 45.5 Å². The molecule has 22 heavy (non-hydrogen) atoms. The van der Waals surface area contributed by atoms with Crippen molar-refractivity contribution in [3.63, 3.8) is 0 Å². The van der Waals surface area contributed by atoms with E-state index in [1.54, 1.807) is 11.3 Å². The van der Waals surface area contributed by atoms with Crippen LogP contribution in [0.5, 0.6) is 0 Å². The molecular weight excluding hydrogens is 407 g/mol. The molecule has 1 aromatic heterocycles. The summed E-state index contributed by atoms with van der Waals surface area (Å²) < 4.78 is 1.14. The van der Waals surface area contributed by atoms with Crippen molar-refractivity contribution < 1.29 is 4.79 Å². The number of carbonyl (C=O) groups excluding carboxylic acids is 1. The summed E-state index contributed by atoms with van der Waals surface area (Å²) in [7, 11) is 0. The lowest BCUT2D eigenvalue weighted by Gasteiger charge is -2.06. The number of hydrogen-bond acceptors (Lipinski definition) is 3. The Hall–Kier alpha value is -1.73. The van der Waals surface area contributed by atoms with Crippen molar-refractivity contribution in [2.45, 2.75) is 6.92 Å². The van der Waals surface area contributed by atoms with Gasteiger partial charge < -0.3 is 5.32 Å². The maximum Gasteiger partial charge on any atom is 0.255 e. The highest BCUT2D eigenvalue weighted by Gasteiger charge is 2.07. The maximum absolute atomic E-state index is 12.2. The molecule has 0 spiro atoms. The van der Waals surface area contributed by atoms with Crippen LogP contribution in [0, 0.1) is 10.5 Å². The Balaban J connectivity index is 1.74. The van der Waals surface area contributed by atoms with Gasteiger partial charge in [0.1, 0.15) is 0 Å². The molecule has 1 amide bonds. The van der Waals surface area contributed by atoms with Crippen LogP contribution in [0.2, 0.25) is 0 Å². The largest absolute Gasteiger partial charge is 0.322 e. The molecule has 0 bridgehead atoms. The number of carbonyl (C=O) groups is 1. The molecule has 5 heteroatoms. The summed E-state index contributed by atoms with van der Waals surface area (Å²) >= 11 is 3.86. The average Bonchev–Trinajstić information content (AvgIpc) is 2.96. The van der Waals surface area contributed by atoms with E-state index in [4.69, 9.17) is 0 Å². The molecule has 0 radical (unpaired) electrons. The molecule has 0 unspecified atom stereocenters. The maximum atomic E-state index is 12.2. The van der Waals surface area contributed by atoms with E-state index in [-0.39, 0.29) is 5.91 Å². The van der Waals surface area contributed by atoms with Crippen LogP contribution < -0.4 is 5.32 Å². The van der Waals surface area contributed by atoms with Crippen LogP contribution in [0.3, 0.4) is 0 Å². The van der Waals surface area contributed by atoms with Gasteiger partial charge >= 0.3 is 0 Å². The number of benzene rings is 2. The second-order valence-electron chi connectivity index (χ2n) is 4.79. The fraction of sp³-hybridized carbons (Fsp3) is 0.0588. The summed E-state index contributed by atoms with van der Waals surface area (Å²) in [6.07, 6.45) is 0. The molecule has 0 aliphatic carbocycles. The van der Waals surface area contributed by atoms with Gasteiger partial charge in [0.2, 0.25) is 0 Å². The monoisotopic (exact) mass is 420 g/mol. The average molecular weight is 420 g/mol. The number of rotatable bonds is 3. The van der Waals surface area contributed by atoms with Gasteiger partial charge in [-0.1, -0.05) is 12.1 Å². The van der Waals surface area contributed by atoms with Gasteiger partial charge in [-0.05, 0) is 65.9 Å². The van der Waals surface area contributed by atoms with Gasteiger partial charge in [0.05, 0.1) is 10.7 Å². The Kier molecular flexibility index (Phi) is 4.54. The lowest BCUT2D eigenvalue weighted by Crippen LogP contribution is -2.11. The first-order chi connectivity index (χ1) is 10.6. The molecule has 1 N–H and O–H groups in total. The Morgan fingerprint density at radius 2 is 1.77 bits per heavy atom. The van der Waals surface area contributed by atoms with Crippen LogP contribution in [0.25, 0.3) is 11.3 Å². The molecule has 0 atom stereocenters. The van der Waals surface area contributed by atoms with Gasteiger partial charge in [-0.3, -0.25) is 4.79 Å². The molecule has 0 saturated carbocycles. The van der Waals surface area contributed by atoms with Gasteiger partial charge in [0.25, 0.3) is 5.91 Å². The number of thiazole rings is 1. The lowest BCUT2D eigenvalue weighted by molar-refractivity contribution is 0.102. The Morgan fingerprint density at radius 3 is 2.36 bits per heavy atom. The van der Waals surface area contributed by atoms with E-state index in [9.17, 15) is 4.79 Å². The fourth-order valence-electron chi connectivity index (χ4n) is 2.02. The molecule has 1 heterocycles. The van der Waals surface area contributed by atoms with Crippen molar-refractivity contribution in [1.82, 2.24) is 4.98 Å². The molecular formula is C17H13IN2OS. The van der Waals surface area contributed by atoms with Crippen LogP contribution in [0.1, 0.15) is 15.4 Å². The van der Waals surface area contributed by atoms with Gasteiger partial charge in [-0.25, -0.2) is 4.98 Å². The lowest BCUT2D eigenvalue weighted by atomic mass is 10.1. The number of hydrogen-bond donors (Lipinski definition) is 1. The first-order valence-electron chi connectivity index (χ1n) is 6.71.